The molecular formula is C12H18O7. The third kappa shape index (κ3) is 6.68. The minimum atomic E-state index is -2.33. The molecule has 0 aliphatic rings. The Labute approximate surface area is 110 Å². The summed E-state index contributed by atoms with van der Waals surface area (Å²) in [7, 11) is 0. The minimum absolute atomic E-state index is 0.0342. The van der Waals surface area contributed by atoms with E-state index in [2.05, 4.69) is 0 Å². The van der Waals surface area contributed by atoms with Crippen LogP contribution in [-0.4, -0.2) is 43.9 Å². The van der Waals surface area contributed by atoms with Gasteiger partial charge in [0.05, 0.1) is 0 Å². The SMILES string of the molecule is CC(=O)C(CCCC(O)(O)C=C(C)C(=O)O)C(=O)O. The number of aliphatic carboxylic acids is 2. The van der Waals surface area contributed by atoms with E-state index in [1.165, 1.54) is 6.92 Å². The summed E-state index contributed by atoms with van der Waals surface area (Å²) in [6.07, 6.45) is 0.550. The van der Waals surface area contributed by atoms with E-state index in [-0.39, 0.29) is 24.8 Å². The summed E-state index contributed by atoms with van der Waals surface area (Å²) >= 11 is 0. The highest BCUT2D eigenvalue weighted by atomic mass is 16.5. The molecule has 0 saturated carbocycles. The number of carbonyl (C=O) groups excluding carboxylic acids is 1. The lowest BCUT2D eigenvalue weighted by molar-refractivity contribution is -0.147. The number of aliphatic hydroxyl groups is 2. The van der Waals surface area contributed by atoms with Crippen molar-refractivity contribution in [1.82, 2.24) is 0 Å². The fourth-order valence-electron chi connectivity index (χ4n) is 1.55. The predicted molar refractivity (Wildman–Crippen MR) is 64.2 cm³/mol. The Bertz CT molecular complexity index is 381. The topological polar surface area (TPSA) is 132 Å². The van der Waals surface area contributed by atoms with Crippen molar-refractivity contribution in [2.45, 2.75) is 38.9 Å². The van der Waals surface area contributed by atoms with Gasteiger partial charge in [0.15, 0.2) is 5.79 Å². The van der Waals surface area contributed by atoms with E-state index in [0.717, 1.165) is 13.0 Å². The van der Waals surface area contributed by atoms with Crippen LogP contribution in [0.25, 0.3) is 0 Å². The molecule has 0 radical (unpaired) electrons. The van der Waals surface area contributed by atoms with Gasteiger partial charge in [0.2, 0.25) is 0 Å². The molecule has 0 aromatic rings. The lowest BCUT2D eigenvalue weighted by Crippen LogP contribution is -2.28. The van der Waals surface area contributed by atoms with Crippen LogP contribution in [0.5, 0.6) is 0 Å². The Morgan fingerprint density at radius 1 is 1.16 bits per heavy atom. The lowest BCUT2D eigenvalue weighted by atomic mass is 9.96. The standard InChI is InChI=1S/C12H18O7/c1-7(10(14)15)6-12(18,19)5-3-4-9(8(2)13)11(16)17/h6,9,18-19H,3-5H2,1-2H3,(H,14,15)(H,16,17). The molecule has 0 rings (SSSR count). The molecule has 0 spiro atoms. The number of carboxylic acid groups (broad SMARTS) is 2. The maximum absolute atomic E-state index is 11.0. The van der Waals surface area contributed by atoms with E-state index in [9.17, 15) is 24.6 Å². The highest BCUT2D eigenvalue weighted by Crippen LogP contribution is 2.18. The van der Waals surface area contributed by atoms with E-state index < -0.39 is 29.4 Å². The monoisotopic (exact) mass is 274 g/mol. The van der Waals surface area contributed by atoms with Crippen molar-refractivity contribution >= 4 is 17.7 Å². The molecule has 108 valence electrons. The average Bonchev–Trinajstić information content (AvgIpc) is 2.22. The van der Waals surface area contributed by atoms with Gasteiger partial charge >= 0.3 is 11.9 Å². The number of carboxylic acids is 2. The molecule has 1 atom stereocenters. The molecule has 19 heavy (non-hydrogen) atoms. The molecule has 1 unspecified atom stereocenters. The third-order valence-electron chi connectivity index (χ3n) is 2.61. The molecule has 7 heteroatoms. The second-order valence-electron chi connectivity index (χ2n) is 4.40. The second-order valence-corrected chi connectivity index (χ2v) is 4.40. The van der Waals surface area contributed by atoms with E-state index >= 15 is 0 Å². The van der Waals surface area contributed by atoms with Crippen molar-refractivity contribution in [3.05, 3.63) is 11.6 Å². The number of rotatable bonds is 8. The smallest absolute Gasteiger partial charge is 0.331 e. The first-order valence-corrected chi connectivity index (χ1v) is 5.67. The molecule has 0 bridgehead atoms. The summed E-state index contributed by atoms with van der Waals surface area (Å²) in [6, 6.07) is 0. The Balaban J connectivity index is 4.48. The zero-order valence-electron chi connectivity index (χ0n) is 10.8. The number of hydrogen-bond acceptors (Lipinski definition) is 5. The van der Waals surface area contributed by atoms with Gasteiger partial charge in [-0.2, -0.15) is 0 Å². The van der Waals surface area contributed by atoms with E-state index in [4.69, 9.17) is 10.2 Å². The van der Waals surface area contributed by atoms with Crippen molar-refractivity contribution in [2.24, 2.45) is 5.92 Å². The van der Waals surface area contributed by atoms with Crippen molar-refractivity contribution in [3.8, 4) is 0 Å². The van der Waals surface area contributed by atoms with Crippen molar-refractivity contribution in [1.29, 1.82) is 0 Å². The zero-order chi connectivity index (χ0) is 15.2. The summed E-state index contributed by atoms with van der Waals surface area (Å²) < 4.78 is 0. The summed E-state index contributed by atoms with van der Waals surface area (Å²) in [6.45, 7) is 2.36. The molecular weight excluding hydrogens is 256 g/mol. The van der Waals surface area contributed by atoms with Gasteiger partial charge in [-0.15, -0.1) is 0 Å². The van der Waals surface area contributed by atoms with Crippen molar-refractivity contribution < 1.29 is 34.8 Å². The van der Waals surface area contributed by atoms with Crippen LogP contribution < -0.4 is 0 Å². The van der Waals surface area contributed by atoms with Crippen LogP contribution >= 0.6 is 0 Å². The second kappa shape index (κ2) is 7.01. The first kappa shape index (κ1) is 17.3. The molecule has 0 aromatic carbocycles. The van der Waals surface area contributed by atoms with Gasteiger partial charge in [0.25, 0.3) is 0 Å². The molecule has 0 fully saturated rings. The number of ketones is 1. The maximum atomic E-state index is 11.0. The Kier molecular flexibility index (Phi) is 6.37. The third-order valence-corrected chi connectivity index (χ3v) is 2.61. The summed E-state index contributed by atoms with van der Waals surface area (Å²) in [5.74, 6) is -6.56. The number of Topliss-reactive ketones (excluding diaryl/α,β-unsaturated/α-hetero) is 1. The molecule has 4 N–H and O–H groups in total. The molecule has 0 aliphatic heterocycles. The first-order chi connectivity index (χ1) is 8.57. The maximum Gasteiger partial charge on any atom is 0.331 e. The fourth-order valence-corrected chi connectivity index (χ4v) is 1.55. The summed E-state index contributed by atoms with van der Waals surface area (Å²) in [5.41, 5.74) is -0.230. The Hall–Kier alpha value is -1.73. The fraction of sp³-hybridized carbons (Fsp3) is 0.583. The van der Waals surface area contributed by atoms with Crippen molar-refractivity contribution in [2.75, 3.05) is 0 Å². The average molecular weight is 274 g/mol. The summed E-state index contributed by atoms with van der Waals surface area (Å²) in [4.78, 5) is 32.3. The van der Waals surface area contributed by atoms with Crippen LogP contribution in [0.4, 0.5) is 0 Å². The van der Waals surface area contributed by atoms with E-state index in [1.54, 1.807) is 0 Å². The van der Waals surface area contributed by atoms with Crippen LogP contribution in [0.15, 0.2) is 11.6 Å². The van der Waals surface area contributed by atoms with Crippen LogP contribution in [0.3, 0.4) is 0 Å². The van der Waals surface area contributed by atoms with Gasteiger partial charge in [-0.1, -0.05) is 0 Å². The predicted octanol–water partition coefficient (Wildman–Crippen LogP) is 0.158. The van der Waals surface area contributed by atoms with Gasteiger partial charge in [-0.3, -0.25) is 9.59 Å². The van der Waals surface area contributed by atoms with Gasteiger partial charge in [-0.05, 0) is 32.8 Å². The molecule has 0 saturated heterocycles. The Morgan fingerprint density at radius 3 is 2.05 bits per heavy atom. The highest BCUT2D eigenvalue weighted by Gasteiger charge is 2.26. The largest absolute Gasteiger partial charge is 0.481 e. The molecule has 0 aromatic heterocycles. The van der Waals surface area contributed by atoms with E-state index in [1.807, 2.05) is 0 Å². The molecule has 0 amide bonds. The van der Waals surface area contributed by atoms with Gasteiger partial charge in [0.1, 0.15) is 11.7 Å². The Morgan fingerprint density at radius 2 is 1.68 bits per heavy atom. The molecule has 0 heterocycles. The molecule has 0 aliphatic carbocycles. The van der Waals surface area contributed by atoms with E-state index in [0.29, 0.717) is 0 Å². The zero-order valence-corrected chi connectivity index (χ0v) is 10.8. The quantitative estimate of drug-likeness (QED) is 0.281. The van der Waals surface area contributed by atoms with Crippen LogP contribution in [0.1, 0.15) is 33.1 Å². The highest BCUT2D eigenvalue weighted by molar-refractivity contribution is 5.96. The van der Waals surface area contributed by atoms with Crippen LogP contribution in [0.2, 0.25) is 0 Å². The minimum Gasteiger partial charge on any atom is -0.481 e. The van der Waals surface area contributed by atoms with Crippen molar-refractivity contribution in [3.63, 3.8) is 0 Å². The van der Waals surface area contributed by atoms with Crippen LogP contribution in [-0.2, 0) is 14.4 Å². The first-order valence-electron chi connectivity index (χ1n) is 5.67. The van der Waals surface area contributed by atoms with Gasteiger partial charge in [-0.25, -0.2) is 4.79 Å². The number of carbonyl (C=O) groups is 3. The molecule has 7 nitrogen and oxygen atoms in total. The van der Waals surface area contributed by atoms with Gasteiger partial charge < -0.3 is 20.4 Å². The van der Waals surface area contributed by atoms with Gasteiger partial charge in [0, 0.05) is 12.0 Å². The van der Waals surface area contributed by atoms with Crippen LogP contribution in [0, 0.1) is 5.92 Å². The lowest BCUT2D eigenvalue weighted by Gasteiger charge is -2.18. The normalized spacial score (nSPS) is 14.0. The number of hydrogen-bond donors (Lipinski definition) is 4. The summed E-state index contributed by atoms with van der Waals surface area (Å²) in [5, 5.41) is 36.4.